The monoisotopic (exact) mass is 559 g/mol. The lowest BCUT2D eigenvalue weighted by Gasteiger charge is -2.34. The Morgan fingerprint density at radius 1 is 1.17 bits per heavy atom. The largest absolute Gasteiger partial charge is 0.490 e. The van der Waals surface area contributed by atoms with Gasteiger partial charge in [-0.25, -0.2) is 14.5 Å². The summed E-state index contributed by atoms with van der Waals surface area (Å²) < 4.78 is 9.08. The van der Waals surface area contributed by atoms with E-state index in [-0.39, 0.29) is 22.4 Å². The van der Waals surface area contributed by atoms with Gasteiger partial charge in [0.1, 0.15) is 17.7 Å². The Morgan fingerprint density at radius 3 is 2.74 bits per heavy atom. The highest BCUT2D eigenvalue weighted by Gasteiger charge is 2.48. The van der Waals surface area contributed by atoms with Gasteiger partial charge in [0.2, 0.25) is 11.7 Å². The average Bonchev–Trinajstić information content (AvgIpc) is 3.55. The maximum atomic E-state index is 13.8. The number of hydrogen-bond donors (Lipinski definition) is 1. The van der Waals surface area contributed by atoms with E-state index in [0.717, 1.165) is 24.1 Å². The van der Waals surface area contributed by atoms with Crippen LogP contribution in [0.1, 0.15) is 56.3 Å². The molecule has 5 aromatic rings. The summed E-state index contributed by atoms with van der Waals surface area (Å²) in [6.07, 6.45) is 11.2. The van der Waals surface area contributed by atoms with Crippen LogP contribution in [0, 0.1) is 12.3 Å². The van der Waals surface area contributed by atoms with Crippen LogP contribution < -0.4 is 15.6 Å². The van der Waals surface area contributed by atoms with E-state index in [1.165, 1.54) is 11.1 Å². The van der Waals surface area contributed by atoms with Gasteiger partial charge < -0.3 is 10.1 Å². The molecular formula is C33H33N7O2. The minimum absolute atomic E-state index is 0.00988. The Labute approximate surface area is 243 Å². The zero-order chi connectivity index (χ0) is 29.2. The molecule has 0 radical (unpaired) electrons. The molecular weight excluding hydrogens is 526 g/mol. The number of nitrogens with zero attached hydrogens (tertiary/aromatic N) is 6. The first kappa shape index (κ1) is 26.1. The van der Waals surface area contributed by atoms with Crippen LogP contribution in [0.4, 0.5) is 11.6 Å². The van der Waals surface area contributed by atoms with Gasteiger partial charge in [0.15, 0.2) is 5.65 Å². The van der Waals surface area contributed by atoms with Crippen molar-refractivity contribution in [2.75, 3.05) is 11.9 Å². The smallest absolute Gasteiger partial charge is 0.270 e. The lowest BCUT2D eigenvalue weighted by atomic mass is 9.76. The number of anilines is 2. The molecule has 1 aliphatic carbocycles. The molecule has 7 rings (SSSR count). The summed E-state index contributed by atoms with van der Waals surface area (Å²) in [5.41, 5.74) is 5.43. The standard InChI is InChI=1S/C33H33N7O2/c1-6-15-42-22-8-10-26(20(2)16-22)40-29(41)24-18-35-30(38-28(24)39-14-13-34-31(39)40)37-21-7-9-25-23(17-21)27(32(3,4)5)36-19-33(25)11-12-33/h6-10,13-14,16-19,27H,1,11-12,15H2,2-5H3,(H,35,37,38). The lowest BCUT2D eigenvalue weighted by molar-refractivity contribution is 0.324. The Morgan fingerprint density at radius 2 is 2.00 bits per heavy atom. The average molecular weight is 560 g/mol. The van der Waals surface area contributed by atoms with E-state index in [2.05, 4.69) is 67.0 Å². The van der Waals surface area contributed by atoms with Crippen LogP contribution in [0.5, 0.6) is 5.75 Å². The molecule has 1 atom stereocenters. The third kappa shape index (κ3) is 4.19. The predicted octanol–water partition coefficient (Wildman–Crippen LogP) is 6.25. The van der Waals surface area contributed by atoms with E-state index in [4.69, 9.17) is 14.7 Å². The minimum atomic E-state index is -0.243. The number of rotatable bonds is 6. The highest BCUT2D eigenvalue weighted by atomic mass is 16.5. The second-order valence-electron chi connectivity index (χ2n) is 12.3. The summed E-state index contributed by atoms with van der Waals surface area (Å²) >= 11 is 0. The quantitative estimate of drug-likeness (QED) is 0.247. The van der Waals surface area contributed by atoms with Crippen molar-refractivity contribution in [1.29, 1.82) is 0 Å². The van der Waals surface area contributed by atoms with Gasteiger partial charge in [-0.15, -0.1) is 0 Å². The highest BCUT2D eigenvalue weighted by molar-refractivity contribution is 5.82. The molecule has 1 unspecified atom stereocenters. The third-order valence-electron chi connectivity index (χ3n) is 8.25. The first-order valence-electron chi connectivity index (χ1n) is 14.2. The van der Waals surface area contributed by atoms with Crippen LogP contribution in [-0.2, 0) is 5.41 Å². The number of aryl methyl sites for hydroxylation is 1. The van der Waals surface area contributed by atoms with Crippen molar-refractivity contribution in [3.05, 3.63) is 94.7 Å². The topological polar surface area (TPSA) is 98.7 Å². The predicted molar refractivity (Wildman–Crippen MR) is 166 cm³/mol. The molecule has 1 saturated carbocycles. The van der Waals surface area contributed by atoms with Crippen LogP contribution in [0.3, 0.4) is 0 Å². The Bertz CT molecular complexity index is 1970. The number of hydrogen-bond acceptors (Lipinski definition) is 7. The summed E-state index contributed by atoms with van der Waals surface area (Å²) in [6.45, 7) is 12.7. The highest BCUT2D eigenvalue weighted by Crippen LogP contribution is 2.54. The number of fused-ring (bicyclic) bond motifs is 5. The second kappa shape index (κ2) is 9.37. The third-order valence-corrected chi connectivity index (χ3v) is 8.25. The lowest BCUT2D eigenvalue weighted by Crippen LogP contribution is -2.26. The van der Waals surface area contributed by atoms with E-state index in [1.807, 2.05) is 29.5 Å². The van der Waals surface area contributed by atoms with E-state index in [9.17, 15) is 4.79 Å². The number of nitrogens with one attached hydrogen (secondary N) is 1. The van der Waals surface area contributed by atoms with Gasteiger partial charge in [-0.1, -0.05) is 39.5 Å². The molecule has 4 heterocycles. The molecule has 9 nitrogen and oxygen atoms in total. The van der Waals surface area contributed by atoms with Gasteiger partial charge in [-0.05, 0) is 72.2 Å². The van der Waals surface area contributed by atoms with Gasteiger partial charge in [-0.3, -0.25) is 14.2 Å². The fourth-order valence-electron chi connectivity index (χ4n) is 5.99. The van der Waals surface area contributed by atoms with Crippen molar-refractivity contribution in [2.45, 2.75) is 52.0 Å². The number of benzene rings is 2. The Hall–Kier alpha value is -4.79. The number of aromatic nitrogens is 5. The van der Waals surface area contributed by atoms with Crippen LogP contribution >= 0.6 is 0 Å². The van der Waals surface area contributed by atoms with E-state index in [1.54, 1.807) is 29.2 Å². The van der Waals surface area contributed by atoms with Crippen molar-refractivity contribution in [1.82, 2.24) is 23.9 Å². The zero-order valence-corrected chi connectivity index (χ0v) is 24.3. The van der Waals surface area contributed by atoms with Gasteiger partial charge in [0.05, 0.1) is 11.7 Å². The normalized spacial score (nSPS) is 17.0. The molecule has 42 heavy (non-hydrogen) atoms. The minimum Gasteiger partial charge on any atom is -0.490 e. The fraction of sp³-hybridized carbons (Fsp3) is 0.303. The van der Waals surface area contributed by atoms with Gasteiger partial charge >= 0.3 is 0 Å². The fourth-order valence-corrected chi connectivity index (χ4v) is 5.99. The first-order valence-corrected chi connectivity index (χ1v) is 14.2. The summed E-state index contributed by atoms with van der Waals surface area (Å²) in [7, 11) is 0. The summed E-state index contributed by atoms with van der Waals surface area (Å²) in [5, 5.41) is 3.77. The summed E-state index contributed by atoms with van der Waals surface area (Å²) in [5.74, 6) is 1.58. The molecule has 212 valence electrons. The van der Waals surface area contributed by atoms with Gasteiger partial charge in [0.25, 0.3) is 5.56 Å². The maximum absolute atomic E-state index is 13.8. The molecule has 1 aliphatic heterocycles. The Balaban J connectivity index is 1.28. The van der Waals surface area contributed by atoms with Gasteiger partial charge in [0, 0.05) is 35.9 Å². The molecule has 3 aromatic heterocycles. The molecule has 2 aliphatic rings. The van der Waals surface area contributed by atoms with Crippen molar-refractivity contribution >= 4 is 34.7 Å². The molecule has 1 spiro atoms. The number of ether oxygens (including phenoxy) is 1. The van der Waals surface area contributed by atoms with Crippen molar-refractivity contribution in [2.24, 2.45) is 10.4 Å². The van der Waals surface area contributed by atoms with Crippen LogP contribution in [0.25, 0.3) is 22.5 Å². The van der Waals surface area contributed by atoms with Crippen molar-refractivity contribution < 1.29 is 4.74 Å². The second-order valence-corrected chi connectivity index (χ2v) is 12.3. The number of imidazole rings is 1. The Kier molecular flexibility index (Phi) is 5.83. The zero-order valence-electron chi connectivity index (χ0n) is 24.3. The summed E-state index contributed by atoms with van der Waals surface area (Å²) in [4.78, 5) is 32.7. The molecule has 1 N–H and O–H groups in total. The van der Waals surface area contributed by atoms with Crippen molar-refractivity contribution in [3.8, 4) is 11.4 Å². The molecule has 0 amide bonds. The molecule has 9 heteroatoms. The van der Waals surface area contributed by atoms with Crippen LogP contribution in [-0.4, -0.2) is 36.7 Å². The van der Waals surface area contributed by atoms with Crippen LogP contribution in [0.2, 0.25) is 0 Å². The molecule has 0 bridgehead atoms. The van der Waals surface area contributed by atoms with E-state index < -0.39 is 0 Å². The molecule has 1 fully saturated rings. The van der Waals surface area contributed by atoms with Gasteiger partial charge in [-0.2, -0.15) is 4.98 Å². The summed E-state index contributed by atoms with van der Waals surface area (Å²) in [6, 6.07) is 12.2. The number of aliphatic imine (C=N–C) groups is 1. The van der Waals surface area contributed by atoms with E-state index >= 15 is 0 Å². The SMILES string of the molecule is C=CCOc1ccc(-n2c(=O)c3cnc(Nc4ccc5c(c4)C(C(C)(C)C)N=CC54CC4)nc3n3ccnc23)c(C)c1. The maximum Gasteiger partial charge on any atom is 0.270 e. The van der Waals surface area contributed by atoms with Crippen LogP contribution in [0.15, 0.2) is 77.4 Å². The molecule has 2 aromatic carbocycles. The first-order chi connectivity index (χ1) is 20.2. The molecule has 0 saturated heterocycles. The van der Waals surface area contributed by atoms with Crippen molar-refractivity contribution in [3.63, 3.8) is 0 Å². The van der Waals surface area contributed by atoms with E-state index in [0.29, 0.717) is 40.8 Å².